The Morgan fingerprint density at radius 3 is 2.32 bits per heavy atom. The van der Waals surface area contributed by atoms with Gasteiger partial charge in [0, 0.05) is 37.8 Å². The maximum atomic E-state index is 4.77. The second kappa shape index (κ2) is 9.78. The standard InChI is InChI=1S/C18H18N4.3ClH/c1-2-5-14(6-3-1)16-13-17(22-11-9-19-10-12-22)21-18-15(16)7-4-8-20-18;;;/h1-8,13,19H,9-12H2;3*1H. The van der Waals surface area contributed by atoms with Gasteiger partial charge in [-0.2, -0.15) is 0 Å². The van der Waals surface area contributed by atoms with Crippen molar-refractivity contribution in [1.29, 1.82) is 0 Å². The average Bonchev–Trinajstić information content (AvgIpc) is 2.62. The van der Waals surface area contributed by atoms with Crippen LogP contribution in [0.25, 0.3) is 22.2 Å². The summed E-state index contributed by atoms with van der Waals surface area (Å²) in [5.41, 5.74) is 3.23. The van der Waals surface area contributed by atoms with Crippen LogP contribution in [0.1, 0.15) is 0 Å². The van der Waals surface area contributed by atoms with E-state index in [-0.39, 0.29) is 37.2 Å². The molecule has 1 aromatic carbocycles. The third kappa shape index (κ3) is 4.53. The summed E-state index contributed by atoms with van der Waals surface area (Å²) in [6.07, 6.45) is 1.81. The van der Waals surface area contributed by atoms with Crippen LogP contribution in [0.3, 0.4) is 0 Å². The normalized spacial score (nSPS) is 13.4. The van der Waals surface area contributed by atoms with Crippen LogP contribution in [0.5, 0.6) is 0 Å². The van der Waals surface area contributed by atoms with Crippen LogP contribution < -0.4 is 10.2 Å². The van der Waals surface area contributed by atoms with E-state index in [1.807, 2.05) is 18.3 Å². The Kier molecular flexibility index (Phi) is 8.39. The van der Waals surface area contributed by atoms with E-state index in [1.165, 1.54) is 11.1 Å². The van der Waals surface area contributed by atoms with Gasteiger partial charge in [-0.25, -0.2) is 9.97 Å². The molecule has 2 aromatic heterocycles. The highest BCUT2D eigenvalue weighted by molar-refractivity contribution is 5.94. The van der Waals surface area contributed by atoms with Gasteiger partial charge in [0.2, 0.25) is 0 Å². The predicted octanol–water partition coefficient (Wildman–Crippen LogP) is 3.97. The molecule has 4 nitrogen and oxygen atoms in total. The molecule has 134 valence electrons. The van der Waals surface area contributed by atoms with Crippen LogP contribution in [-0.4, -0.2) is 36.1 Å². The first-order valence-corrected chi connectivity index (χ1v) is 7.69. The summed E-state index contributed by atoms with van der Waals surface area (Å²) in [6.45, 7) is 3.98. The molecule has 3 aromatic rings. The van der Waals surface area contributed by atoms with E-state index in [2.05, 4.69) is 51.6 Å². The zero-order chi connectivity index (χ0) is 14.8. The molecule has 0 saturated carbocycles. The number of hydrogen-bond donors (Lipinski definition) is 1. The molecule has 0 unspecified atom stereocenters. The van der Waals surface area contributed by atoms with Gasteiger partial charge in [0.15, 0.2) is 5.65 Å². The van der Waals surface area contributed by atoms with Gasteiger partial charge in [-0.3, -0.25) is 0 Å². The van der Waals surface area contributed by atoms with Crippen molar-refractivity contribution in [3.05, 3.63) is 54.7 Å². The maximum Gasteiger partial charge on any atom is 0.162 e. The van der Waals surface area contributed by atoms with Gasteiger partial charge >= 0.3 is 0 Å². The fraction of sp³-hybridized carbons (Fsp3) is 0.222. The zero-order valence-electron chi connectivity index (χ0n) is 13.6. The molecule has 1 aliphatic rings. The van der Waals surface area contributed by atoms with Gasteiger partial charge in [0.1, 0.15) is 5.82 Å². The molecule has 3 heterocycles. The molecule has 25 heavy (non-hydrogen) atoms. The van der Waals surface area contributed by atoms with Gasteiger partial charge in [-0.1, -0.05) is 30.3 Å². The van der Waals surface area contributed by atoms with Crippen molar-refractivity contribution in [2.75, 3.05) is 31.1 Å². The predicted molar refractivity (Wildman–Crippen MR) is 112 cm³/mol. The summed E-state index contributed by atoms with van der Waals surface area (Å²) >= 11 is 0. The molecule has 1 N–H and O–H groups in total. The van der Waals surface area contributed by atoms with Crippen molar-refractivity contribution in [2.45, 2.75) is 0 Å². The van der Waals surface area contributed by atoms with Crippen molar-refractivity contribution in [3.63, 3.8) is 0 Å². The Bertz CT molecular complexity index is 793. The van der Waals surface area contributed by atoms with Crippen molar-refractivity contribution in [2.24, 2.45) is 0 Å². The highest BCUT2D eigenvalue weighted by Crippen LogP contribution is 2.30. The lowest BCUT2D eigenvalue weighted by molar-refractivity contribution is 0.585. The number of aromatic nitrogens is 2. The fourth-order valence-corrected chi connectivity index (χ4v) is 2.96. The van der Waals surface area contributed by atoms with E-state index in [1.54, 1.807) is 0 Å². The lowest BCUT2D eigenvalue weighted by atomic mass is 10.0. The molecule has 0 amide bonds. The number of anilines is 1. The van der Waals surface area contributed by atoms with Gasteiger partial charge in [0.05, 0.1) is 0 Å². The van der Waals surface area contributed by atoms with Crippen molar-refractivity contribution in [1.82, 2.24) is 15.3 Å². The summed E-state index contributed by atoms with van der Waals surface area (Å²) in [6, 6.07) is 16.7. The maximum absolute atomic E-state index is 4.77. The van der Waals surface area contributed by atoms with Crippen LogP contribution in [0, 0.1) is 0 Å². The van der Waals surface area contributed by atoms with Crippen LogP contribution in [0.2, 0.25) is 0 Å². The molecule has 1 saturated heterocycles. The molecular formula is C18H21Cl3N4. The van der Waals surface area contributed by atoms with Crippen LogP contribution >= 0.6 is 37.2 Å². The molecule has 7 heteroatoms. The second-order valence-electron chi connectivity index (χ2n) is 5.51. The highest BCUT2D eigenvalue weighted by Gasteiger charge is 2.15. The average molecular weight is 400 g/mol. The first kappa shape index (κ1) is 21.5. The first-order valence-electron chi connectivity index (χ1n) is 7.69. The van der Waals surface area contributed by atoms with Crippen LogP contribution in [0.15, 0.2) is 54.7 Å². The Morgan fingerprint density at radius 2 is 1.60 bits per heavy atom. The molecule has 0 spiro atoms. The SMILES string of the molecule is Cl.Cl.Cl.c1ccc(-c2cc(N3CCNCC3)nc3ncccc23)cc1. The highest BCUT2D eigenvalue weighted by atomic mass is 35.5. The summed E-state index contributed by atoms with van der Waals surface area (Å²) < 4.78 is 0. The number of hydrogen-bond acceptors (Lipinski definition) is 4. The molecular weight excluding hydrogens is 379 g/mol. The molecule has 4 rings (SSSR count). The van der Waals surface area contributed by atoms with Crippen LogP contribution in [-0.2, 0) is 0 Å². The van der Waals surface area contributed by atoms with Crippen molar-refractivity contribution in [3.8, 4) is 11.1 Å². The minimum Gasteiger partial charge on any atom is -0.354 e. The molecule has 0 radical (unpaired) electrons. The molecule has 0 aliphatic carbocycles. The van der Waals surface area contributed by atoms with Gasteiger partial charge in [-0.15, -0.1) is 37.2 Å². The van der Waals surface area contributed by atoms with E-state index in [0.717, 1.165) is 43.0 Å². The minimum atomic E-state index is 0. The molecule has 0 atom stereocenters. The summed E-state index contributed by atoms with van der Waals surface area (Å²) in [4.78, 5) is 11.6. The monoisotopic (exact) mass is 398 g/mol. The van der Waals surface area contributed by atoms with Crippen LogP contribution in [0.4, 0.5) is 5.82 Å². The number of rotatable bonds is 2. The zero-order valence-corrected chi connectivity index (χ0v) is 16.0. The topological polar surface area (TPSA) is 41.0 Å². The van der Waals surface area contributed by atoms with E-state index in [9.17, 15) is 0 Å². The Morgan fingerprint density at radius 1 is 0.880 bits per heavy atom. The first-order chi connectivity index (χ1) is 10.9. The smallest absolute Gasteiger partial charge is 0.162 e. The van der Waals surface area contributed by atoms with E-state index >= 15 is 0 Å². The van der Waals surface area contributed by atoms with Crippen molar-refractivity contribution < 1.29 is 0 Å². The third-order valence-corrected chi connectivity index (χ3v) is 4.10. The van der Waals surface area contributed by atoms with Gasteiger partial charge < -0.3 is 10.2 Å². The fourth-order valence-electron chi connectivity index (χ4n) is 2.96. The number of benzene rings is 1. The largest absolute Gasteiger partial charge is 0.354 e. The number of fused-ring (bicyclic) bond motifs is 1. The second-order valence-corrected chi connectivity index (χ2v) is 5.51. The molecule has 0 bridgehead atoms. The summed E-state index contributed by atoms with van der Waals surface area (Å²) in [5.74, 6) is 1.02. The molecule has 1 aliphatic heterocycles. The Labute approximate surface area is 166 Å². The van der Waals surface area contributed by atoms with E-state index in [4.69, 9.17) is 4.98 Å². The lowest BCUT2D eigenvalue weighted by Gasteiger charge is -2.29. The van der Waals surface area contributed by atoms with E-state index < -0.39 is 0 Å². The van der Waals surface area contributed by atoms with Crippen molar-refractivity contribution >= 4 is 54.1 Å². The summed E-state index contributed by atoms with van der Waals surface area (Å²) in [7, 11) is 0. The number of piperazine rings is 1. The van der Waals surface area contributed by atoms with Gasteiger partial charge in [-0.05, 0) is 29.3 Å². The quantitative estimate of drug-likeness (QED) is 0.708. The lowest BCUT2D eigenvalue weighted by Crippen LogP contribution is -2.43. The van der Waals surface area contributed by atoms with Gasteiger partial charge in [0.25, 0.3) is 0 Å². The minimum absolute atomic E-state index is 0. The Hall–Kier alpha value is -1.59. The summed E-state index contributed by atoms with van der Waals surface area (Å²) in [5, 5.41) is 4.49. The Balaban J connectivity index is 0.00000104. The number of nitrogens with zero attached hydrogens (tertiary/aromatic N) is 3. The number of halogens is 3. The van der Waals surface area contributed by atoms with E-state index in [0.29, 0.717) is 0 Å². The number of pyridine rings is 2. The third-order valence-electron chi connectivity index (χ3n) is 4.10. The molecule has 1 fully saturated rings. The number of nitrogens with one attached hydrogen (secondary N) is 1.